The van der Waals surface area contributed by atoms with Gasteiger partial charge in [0.2, 0.25) is 0 Å². The second-order valence-corrected chi connectivity index (χ2v) is 9.51. The van der Waals surface area contributed by atoms with E-state index in [1.54, 1.807) is 0 Å². The summed E-state index contributed by atoms with van der Waals surface area (Å²) >= 11 is 0. The van der Waals surface area contributed by atoms with E-state index in [2.05, 4.69) is 129 Å². The van der Waals surface area contributed by atoms with Crippen molar-refractivity contribution in [2.75, 3.05) is 0 Å². The maximum atomic E-state index is 3.73. The summed E-state index contributed by atoms with van der Waals surface area (Å²) in [6.45, 7) is 0. The molecule has 170 valence electrons. The van der Waals surface area contributed by atoms with E-state index in [0.717, 1.165) is 44.2 Å². The molecular formula is C32H22N4. The van der Waals surface area contributed by atoms with Gasteiger partial charge in [0.15, 0.2) is 0 Å². The topological polar surface area (TPSA) is 63.2 Å². The van der Waals surface area contributed by atoms with Gasteiger partial charge in [0.05, 0.1) is 0 Å². The lowest BCUT2D eigenvalue weighted by Crippen LogP contribution is -2.11. The highest BCUT2D eigenvalue weighted by Crippen LogP contribution is 2.29. The minimum atomic E-state index is 1.06. The molecule has 0 fully saturated rings. The second kappa shape index (κ2) is 7.27. The molecule has 0 saturated heterocycles. The molecule has 4 aromatic heterocycles. The molecule has 4 heteroatoms. The van der Waals surface area contributed by atoms with Crippen LogP contribution in [-0.4, -0.2) is 19.9 Å². The molecular weight excluding hydrogens is 440 g/mol. The van der Waals surface area contributed by atoms with E-state index < -0.39 is 0 Å². The largest absolute Gasteiger partial charge is 0.355 e. The van der Waals surface area contributed by atoms with E-state index in [0.29, 0.717) is 0 Å². The summed E-state index contributed by atoms with van der Waals surface area (Å²) in [5, 5.41) is 11.8. The Morgan fingerprint density at radius 2 is 0.972 bits per heavy atom. The fourth-order valence-electron chi connectivity index (χ4n) is 5.54. The maximum absolute atomic E-state index is 3.73. The van der Waals surface area contributed by atoms with Crippen LogP contribution < -0.4 is 21.4 Å². The van der Waals surface area contributed by atoms with E-state index >= 15 is 0 Å². The third-order valence-electron chi connectivity index (χ3n) is 7.17. The molecule has 5 heterocycles. The van der Waals surface area contributed by atoms with Crippen molar-refractivity contribution in [3.8, 4) is 0 Å². The van der Waals surface area contributed by atoms with Crippen molar-refractivity contribution in [2.24, 2.45) is 0 Å². The summed E-state index contributed by atoms with van der Waals surface area (Å²) in [5.74, 6) is 0. The lowest BCUT2D eigenvalue weighted by Gasteiger charge is -2.05. The van der Waals surface area contributed by atoms with Crippen LogP contribution in [0, 0.1) is 0 Å². The zero-order chi connectivity index (χ0) is 23.6. The molecule has 7 aromatic rings. The third kappa shape index (κ3) is 3.01. The van der Waals surface area contributed by atoms with Crippen LogP contribution in [0.15, 0.2) is 84.9 Å². The summed E-state index contributed by atoms with van der Waals surface area (Å²) in [4.78, 5) is 14.3. The van der Waals surface area contributed by atoms with E-state index in [9.17, 15) is 0 Å². The van der Waals surface area contributed by atoms with Crippen molar-refractivity contribution in [3.63, 3.8) is 0 Å². The molecule has 1 aliphatic heterocycles. The van der Waals surface area contributed by atoms with Gasteiger partial charge in [-0.15, -0.1) is 0 Å². The molecule has 1 aliphatic rings. The van der Waals surface area contributed by atoms with Crippen molar-refractivity contribution in [3.05, 3.63) is 129 Å². The predicted molar refractivity (Wildman–Crippen MR) is 148 cm³/mol. The minimum Gasteiger partial charge on any atom is -0.355 e. The molecule has 0 aliphatic carbocycles. The highest BCUT2D eigenvalue weighted by atomic mass is 14.8. The maximum Gasteiger partial charge on any atom is 0.0492 e. The lowest BCUT2D eigenvalue weighted by molar-refractivity contribution is 1.23. The third-order valence-corrected chi connectivity index (χ3v) is 7.17. The number of H-pyrrole nitrogens is 4. The lowest BCUT2D eigenvalue weighted by atomic mass is 9.98. The first-order valence-electron chi connectivity index (χ1n) is 12.2. The molecule has 0 spiro atoms. The number of aromatic nitrogens is 4. The number of hydrogen-bond acceptors (Lipinski definition) is 0. The summed E-state index contributed by atoms with van der Waals surface area (Å²) in [7, 11) is 0. The number of benzene rings is 3. The zero-order valence-corrected chi connectivity index (χ0v) is 19.4. The van der Waals surface area contributed by atoms with Crippen LogP contribution in [-0.2, 0) is 0 Å². The highest BCUT2D eigenvalue weighted by Gasteiger charge is 2.10. The highest BCUT2D eigenvalue weighted by molar-refractivity contribution is 6.17. The van der Waals surface area contributed by atoms with Crippen LogP contribution in [0.25, 0.3) is 56.6 Å². The van der Waals surface area contributed by atoms with Crippen LogP contribution >= 0.6 is 0 Å². The van der Waals surface area contributed by atoms with Crippen LogP contribution in [0.1, 0.15) is 22.8 Å². The molecule has 0 amide bonds. The fraction of sp³-hybridized carbons (Fsp3) is 0. The van der Waals surface area contributed by atoms with Crippen LogP contribution in [0.5, 0.6) is 0 Å². The van der Waals surface area contributed by atoms with Crippen molar-refractivity contribution in [1.82, 2.24) is 19.9 Å². The number of nitrogens with one attached hydrogen (secondary N) is 4. The van der Waals surface area contributed by atoms with E-state index in [1.807, 2.05) is 0 Å². The van der Waals surface area contributed by atoms with Gasteiger partial charge in [-0.2, -0.15) is 0 Å². The smallest absolute Gasteiger partial charge is 0.0492 e. The SMILES string of the molecule is C1=c2ccc([nH]2)=Cc2ccc([nH]2)C=c2[nH]c(c3ccc4c5ccccc5ccc4c23)=Cc2ccc1[nH]2. The van der Waals surface area contributed by atoms with E-state index in [4.69, 9.17) is 0 Å². The Kier molecular flexibility index (Phi) is 3.91. The molecule has 4 N–H and O–H groups in total. The Morgan fingerprint density at radius 3 is 1.72 bits per heavy atom. The van der Waals surface area contributed by atoms with Crippen molar-refractivity contribution >= 4 is 56.6 Å². The second-order valence-electron chi connectivity index (χ2n) is 9.51. The molecule has 8 rings (SSSR count). The quantitative estimate of drug-likeness (QED) is 0.246. The van der Waals surface area contributed by atoms with Gasteiger partial charge in [-0.25, -0.2) is 0 Å². The zero-order valence-electron chi connectivity index (χ0n) is 19.4. The molecule has 0 unspecified atom stereocenters. The van der Waals surface area contributed by atoms with Gasteiger partial charge in [0.25, 0.3) is 0 Å². The average Bonchev–Trinajstić information content (AvgIpc) is 3.69. The normalized spacial score (nSPS) is 12.8. The van der Waals surface area contributed by atoms with E-state index in [1.165, 1.54) is 32.3 Å². The average molecular weight is 463 g/mol. The Labute approximate surface area is 205 Å². The standard InChI is InChI=1S/C32H22N4/c1-2-4-26-19(3-1)5-12-28-27(26)13-14-29-30-17-24-10-8-22(34-24)15-20-6-7-21(33-20)16-23-9-11-25(35-23)18-31(36-30)32(28)29/h1-18,33-36H. The van der Waals surface area contributed by atoms with Crippen LogP contribution in [0.2, 0.25) is 0 Å². The fourth-order valence-corrected chi connectivity index (χ4v) is 5.54. The van der Waals surface area contributed by atoms with Gasteiger partial charge >= 0.3 is 0 Å². The molecule has 4 nitrogen and oxygen atoms in total. The van der Waals surface area contributed by atoms with Crippen LogP contribution in [0.4, 0.5) is 0 Å². The molecule has 3 aromatic carbocycles. The molecule has 36 heavy (non-hydrogen) atoms. The van der Waals surface area contributed by atoms with Gasteiger partial charge in [-0.05, 0) is 82.2 Å². The van der Waals surface area contributed by atoms with Gasteiger partial charge < -0.3 is 19.9 Å². The van der Waals surface area contributed by atoms with E-state index in [-0.39, 0.29) is 0 Å². The molecule has 0 radical (unpaired) electrons. The van der Waals surface area contributed by atoms with Crippen molar-refractivity contribution in [2.45, 2.75) is 0 Å². The Bertz CT molecular complexity index is 2210. The summed E-state index contributed by atoms with van der Waals surface area (Å²) < 4.78 is 0. The summed E-state index contributed by atoms with van der Waals surface area (Å²) in [6, 6.07) is 30.3. The first kappa shape index (κ1) is 19.4. The summed E-state index contributed by atoms with van der Waals surface area (Å²) in [6.07, 6.45) is 8.68. The first-order chi connectivity index (χ1) is 17.8. The molecule has 8 bridgehead atoms. The predicted octanol–water partition coefficient (Wildman–Crippen LogP) is 4.09. The summed E-state index contributed by atoms with van der Waals surface area (Å²) in [5.41, 5.74) is 4.23. The minimum absolute atomic E-state index is 1.06. The van der Waals surface area contributed by atoms with Crippen molar-refractivity contribution < 1.29 is 0 Å². The van der Waals surface area contributed by atoms with Gasteiger partial charge in [-0.1, -0.05) is 48.5 Å². The van der Waals surface area contributed by atoms with Gasteiger partial charge in [0, 0.05) is 54.9 Å². The first-order valence-corrected chi connectivity index (χ1v) is 12.2. The van der Waals surface area contributed by atoms with Gasteiger partial charge in [-0.3, -0.25) is 0 Å². The molecule has 0 atom stereocenters. The van der Waals surface area contributed by atoms with Crippen LogP contribution in [0.3, 0.4) is 0 Å². The molecule has 0 saturated carbocycles. The number of rotatable bonds is 0. The Morgan fingerprint density at radius 1 is 0.361 bits per heavy atom. The number of fused-ring (bicyclic) bond motifs is 15. The Balaban J connectivity index is 1.51. The number of hydrogen-bond donors (Lipinski definition) is 4. The Hall–Kier alpha value is -4.96. The van der Waals surface area contributed by atoms with Gasteiger partial charge in [0.1, 0.15) is 0 Å². The van der Waals surface area contributed by atoms with Crippen molar-refractivity contribution in [1.29, 1.82) is 0 Å². The monoisotopic (exact) mass is 462 g/mol. The number of aromatic amines is 4.